The van der Waals surface area contributed by atoms with Crippen LogP contribution >= 0.6 is 11.6 Å². The van der Waals surface area contributed by atoms with Gasteiger partial charge in [0, 0.05) is 28.0 Å². The number of fused-ring (bicyclic) bond motifs is 1. The van der Waals surface area contributed by atoms with E-state index in [0.717, 1.165) is 6.07 Å². The van der Waals surface area contributed by atoms with Gasteiger partial charge in [-0.25, -0.2) is 4.79 Å². The Morgan fingerprint density at radius 1 is 1.03 bits per heavy atom. The van der Waals surface area contributed by atoms with Crippen molar-refractivity contribution in [3.63, 3.8) is 0 Å². The molecule has 1 heterocycles. The van der Waals surface area contributed by atoms with Gasteiger partial charge < -0.3 is 14.0 Å². The first-order chi connectivity index (χ1) is 15.3. The predicted octanol–water partition coefficient (Wildman–Crippen LogP) is 6.03. The minimum Gasteiger partial charge on any atom is -0.465 e. The number of nitrogens with zero attached hydrogens (tertiary/aromatic N) is 1. The van der Waals surface area contributed by atoms with Crippen LogP contribution in [0, 0.1) is 0 Å². The van der Waals surface area contributed by atoms with E-state index in [0.29, 0.717) is 16.6 Å². The molecule has 0 aliphatic carbocycles. The molecule has 0 spiro atoms. The van der Waals surface area contributed by atoms with Gasteiger partial charge >= 0.3 is 18.1 Å². The molecule has 0 unspecified atom stereocenters. The molecule has 0 aliphatic heterocycles. The van der Waals surface area contributed by atoms with Crippen LogP contribution in [0.15, 0.2) is 42.5 Å². The van der Waals surface area contributed by atoms with Crippen LogP contribution in [0.4, 0.5) is 13.2 Å². The molecule has 5 nitrogen and oxygen atoms in total. The normalized spacial score (nSPS) is 12.1. The predicted molar refractivity (Wildman–Crippen MR) is 118 cm³/mol. The van der Waals surface area contributed by atoms with E-state index in [1.54, 1.807) is 43.5 Å². The largest absolute Gasteiger partial charge is 0.465 e. The van der Waals surface area contributed by atoms with Crippen molar-refractivity contribution in [3.8, 4) is 0 Å². The summed E-state index contributed by atoms with van der Waals surface area (Å²) in [4.78, 5) is 24.5. The first-order valence-electron chi connectivity index (χ1n) is 10.1. The number of aromatic nitrogens is 1. The van der Waals surface area contributed by atoms with Crippen LogP contribution < -0.4 is 0 Å². The standard InChI is InChI=1S/C24H23ClF3NO4/c1-23(2,3)33-21(30)13-29-18(10-14-5-7-17(25)12-19(14)24(26,27)28)11-16-9-15(22(31)32-4)6-8-20(16)29/h5-9,11-12H,10,13H2,1-4H3. The van der Waals surface area contributed by atoms with Crippen LogP contribution in [-0.2, 0) is 33.4 Å². The van der Waals surface area contributed by atoms with Crippen molar-refractivity contribution in [1.29, 1.82) is 0 Å². The van der Waals surface area contributed by atoms with Crippen LogP contribution in [0.3, 0.4) is 0 Å². The molecule has 176 valence electrons. The van der Waals surface area contributed by atoms with Crippen LogP contribution in [0.2, 0.25) is 5.02 Å². The molecular weight excluding hydrogens is 459 g/mol. The van der Waals surface area contributed by atoms with E-state index in [9.17, 15) is 22.8 Å². The van der Waals surface area contributed by atoms with E-state index in [-0.39, 0.29) is 29.1 Å². The second kappa shape index (κ2) is 9.09. The molecule has 0 radical (unpaired) electrons. The van der Waals surface area contributed by atoms with E-state index >= 15 is 0 Å². The van der Waals surface area contributed by atoms with Gasteiger partial charge in [0.2, 0.25) is 0 Å². The molecule has 0 bridgehead atoms. The molecule has 3 rings (SSSR count). The molecule has 9 heteroatoms. The molecule has 0 N–H and O–H groups in total. The highest BCUT2D eigenvalue weighted by atomic mass is 35.5. The monoisotopic (exact) mass is 481 g/mol. The first kappa shape index (κ1) is 24.6. The lowest BCUT2D eigenvalue weighted by atomic mass is 10.0. The molecule has 0 atom stereocenters. The average Bonchev–Trinajstić information content (AvgIpc) is 3.02. The fourth-order valence-electron chi connectivity index (χ4n) is 3.57. The lowest BCUT2D eigenvalue weighted by Crippen LogP contribution is -2.27. The van der Waals surface area contributed by atoms with Gasteiger partial charge in [0.1, 0.15) is 12.1 Å². The van der Waals surface area contributed by atoms with Crippen molar-refractivity contribution in [2.24, 2.45) is 0 Å². The second-order valence-electron chi connectivity index (χ2n) is 8.55. The molecule has 0 saturated heterocycles. The number of hydrogen-bond acceptors (Lipinski definition) is 4. The Kier molecular flexibility index (Phi) is 6.79. The smallest absolute Gasteiger partial charge is 0.416 e. The minimum atomic E-state index is -4.60. The number of ether oxygens (including phenoxy) is 2. The van der Waals surface area contributed by atoms with Gasteiger partial charge in [-0.1, -0.05) is 17.7 Å². The van der Waals surface area contributed by atoms with Gasteiger partial charge in [0.25, 0.3) is 0 Å². The number of benzene rings is 2. The molecule has 1 aromatic heterocycles. The lowest BCUT2D eigenvalue weighted by Gasteiger charge is -2.21. The fourth-order valence-corrected chi connectivity index (χ4v) is 3.74. The Labute approximate surface area is 194 Å². The van der Waals surface area contributed by atoms with E-state index in [1.165, 1.54) is 25.3 Å². The molecule has 0 aliphatic rings. The number of hydrogen-bond donors (Lipinski definition) is 0. The fraction of sp³-hybridized carbons (Fsp3) is 0.333. The zero-order valence-electron chi connectivity index (χ0n) is 18.5. The van der Waals surface area contributed by atoms with Gasteiger partial charge in [-0.2, -0.15) is 13.2 Å². The quantitative estimate of drug-likeness (QED) is 0.417. The maximum atomic E-state index is 13.6. The van der Waals surface area contributed by atoms with Gasteiger partial charge in [-0.3, -0.25) is 4.79 Å². The molecule has 0 fully saturated rings. The summed E-state index contributed by atoms with van der Waals surface area (Å²) >= 11 is 5.80. The van der Waals surface area contributed by atoms with Crippen molar-refractivity contribution in [1.82, 2.24) is 4.57 Å². The van der Waals surface area contributed by atoms with Gasteiger partial charge in [-0.15, -0.1) is 0 Å². The zero-order valence-corrected chi connectivity index (χ0v) is 19.3. The number of esters is 2. The summed E-state index contributed by atoms with van der Waals surface area (Å²) in [6.07, 6.45) is -4.71. The lowest BCUT2D eigenvalue weighted by molar-refractivity contribution is -0.155. The van der Waals surface area contributed by atoms with Crippen molar-refractivity contribution in [2.45, 2.75) is 45.5 Å². The van der Waals surface area contributed by atoms with Crippen LogP contribution in [-0.4, -0.2) is 29.2 Å². The van der Waals surface area contributed by atoms with Crippen LogP contribution in [0.1, 0.15) is 48.0 Å². The van der Waals surface area contributed by atoms with E-state index < -0.39 is 29.3 Å². The minimum absolute atomic E-state index is 0.00772. The molecule has 2 aromatic carbocycles. The Morgan fingerprint density at radius 3 is 2.33 bits per heavy atom. The Hall–Kier alpha value is -3.00. The Balaban J connectivity index is 2.11. The summed E-state index contributed by atoms with van der Waals surface area (Å²) in [6.45, 7) is 4.98. The number of methoxy groups -OCH3 is 1. The number of carbonyl (C=O) groups is 2. The highest BCUT2D eigenvalue weighted by Gasteiger charge is 2.34. The van der Waals surface area contributed by atoms with Crippen LogP contribution in [0.25, 0.3) is 10.9 Å². The molecule has 3 aromatic rings. The summed E-state index contributed by atoms with van der Waals surface area (Å²) < 4.78 is 52.6. The van der Waals surface area contributed by atoms with Gasteiger partial charge in [0.15, 0.2) is 0 Å². The summed E-state index contributed by atoms with van der Waals surface area (Å²) in [6, 6.07) is 9.98. The van der Waals surface area contributed by atoms with Crippen molar-refractivity contribution < 1.29 is 32.2 Å². The third-order valence-corrected chi connectivity index (χ3v) is 5.10. The topological polar surface area (TPSA) is 57.5 Å². The Morgan fingerprint density at radius 2 is 1.73 bits per heavy atom. The molecule has 0 saturated carbocycles. The van der Waals surface area contributed by atoms with Crippen molar-refractivity contribution in [3.05, 3.63) is 69.9 Å². The summed E-state index contributed by atoms with van der Waals surface area (Å²) in [5, 5.41) is 0.557. The van der Waals surface area contributed by atoms with E-state index in [1.807, 2.05) is 0 Å². The number of carbonyl (C=O) groups excluding carboxylic acids is 2. The summed E-state index contributed by atoms with van der Waals surface area (Å²) in [5.41, 5.74) is -0.254. The highest BCUT2D eigenvalue weighted by molar-refractivity contribution is 6.30. The third-order valence-electron chi connectivity index (χ3n) is 4.86. The molecular formula is C24H23ClF3NO4. The summed E-state index contributed by atoms with van der Waals surface area (Å²) in [7, 11) is 1.25. The van der Waals surface area contributed by atoms with E-state index in [2.05, 4.69) is 0 Å². The first-order valence-corrected chi connectivity index (χ1v) is 10.4. The second-order valence-corrected chi connectivity index (χ2v) is 8.99. The third kappa shape index (κ3) is 5.87. The number of halogens is 4. The summed E-state index contributed by atoms with van der Waals surface area (Å²) in [5.74, 6) is -1.08. The molecule has 33 heavy (non-hydrogen) atoms. The average molecular weight is 482 g/mol. The Bertz CT molecular complexity index is 1210. The van der Waals surface area contributed by atoms with Gasteiger partial charge in [-0.05, 0) is 62.7 Å². The highest BCUT2D eigenvalue weighted by Crippen LogP contribution is 2.35. The van der Waals surface area contributed by atoms with E-state index in [4.69, 9.17) is 21.1 Å². The maximum Gasteiger partial charge on any atom is 0.416 e. The number of alkyl halides is 3. The van der Waals surface area contributed by atoms with Crippen LogP contribution in [0.5, 0.6) is 0 Å². The maximum absolute atomic E-state index is 13.6. The van der Waals surface area contributed by atoms with Crippen molar-refractivity contribution >= 4 is 34.4 Å². The van der Waals surface area contributed by atoms with Crippen molar-refractivity contribution in [2.75, 3.05) is 7.11 Å². The zero-order chi connectivity index (χ0) is 24.6. The van der Waals surface area contributed by atoms with Gasteiger partial charge in [0.05, 0.1) is 18.2 Å². The number of rotatable bonds is 5. The molecule has 0 amide bonds. The SMILES string of the molecule is COC(=O)c1ccc2c(c1)cc(Cc1ccc(Cl)cc1C(F)(F)F)n2CC(=O)OC(C)(C)C.